The van der Waals surface area contributed by atoms with Crippen molar-refractivity contribution in [2.24, 2.45) is 5.92 Å². The molecule has 0 radical (unpaired) electrons. The molecule has 206 valence electrons. The van der Waals surface area contributed by atoms with Crippen molar-refractivity contribution in [3.63, 3.8) is 0 Å². The first-order chi connectivity index (χ1) is 18.5. The summed E-state index contributed by atoms with van der Waals surface area (Å²) in [4.78, 5) is 2.36. The zero-order chi connectivity index (χ0) is 27.9. The number of aromatic hydroxyl groups is 1. The first-order valence-corrected chi connectivity index (χ1v) is 15.1. The lowest BCUT2D eigenvalue weighted by molar-refractivity contribution is 0.169. The van der Waals surface area contributed by atoms with E-state index in [4.69, 9.17) is 9.47 Å². The van der Waals surface area contributed by atoms with Crippen LogP contribution in [0.1, 0.15) is 50.0 Å². The molecule has 2 aliphatic heterocycles. The second kappa shape index (κ2) is 10.7. The van der Waals surface area contributed by atoms with Crippen molar-refractivity contribution < 1.29 is 27.4 Å². The molecule has 1 fully saturated rings. The highest BCUT2D eigenvalue weighted by atomic mass is 32.2. The van der Waals surface area contributed by atoms with Crippen LogP contribution in [0.15, 0.2) is 65.6 Å². The van der Waals surface area contributed by atoms with Crippen LogP contribution in [0.4, 0.5) is 4.39 Å². The van der Waals surface area contributed by atoms with Crippen molar-refractivity contribution in [2.75, 3.05) is 26.0 Å². The number of benzene rings is 3. The number of halogens is 1. The number of fused-ring (bicyclic) bond motifs is 1. The molecule has 3 atom stereocenters. The molecule has 1 N–H and O–H groups in total. The largest absolute Gasteiger partial charge is 0.508 e. The summed E-state index contributed by atoms with van der Waals surface area (Å²) in [5.74, 6) is 1.44. The Morgan fingerprint density at radius 1 is 1.10 bits per heavy atom. The Labute approximate surface area is 229 Å². The van der Waals surface area contributed by atoms with Crippen LogP contribution in [0.5, 0.6) is 17.2 Å². The van der Waals surface area contributed by atoms with E-state index in [1.165, 1.54) is 18.6 Å². The molecule has 6 nitrogen and oxygen atoms in total. The van der Waals surface area contributed by atoms with Crippen molar-refractivity contribution in [3.05, 3.63) is 83.2 Å². The van der Waals surface area contributed by atoms with Crippen LogP contribution in [0, 0.1) is 11.7 Å². The number of nitrogens with zero attached hydrogens (tertiary/aromatic N) is 1. The molecule has 3 aromatic carbocycles. The number of phenols is 1. The first-order valence-electron chi connectivity index (χ1n) is 13.2. The fraction of sp³-hybridized carbons (Fsp3) is 0.355. The quantitative estimate of drug-likeness (QED) is 0.382. The van der Waals surface area contributed by atoms with Gasteiger partial charge in [0.15, 0.2) is 9.84 Å². The van der Waals surface area contributed by atoms with Gasteiger partial charge in [-0.25, -0.2) is 12.8 Å². The molecule has 3 unspecified atom stereocenters. The van der Waals surface area contributed by atoms with Crippen molar-refractivity contribution >= 4 is 21.0 Å². The zero-order valence-corrected chi connectivity index (χ0v) is 23.5. The van der Waals surface area contributed by atoms with Gasteiger partial charge in [-0.1, -0.05) is 25.1 Å². The SMILES string of the molecule is CC1=C(c2ccc(S(C)(=O)=O)cc2F)C(c2ccc(OCC(C)N3CCC(C)C3)cc2)Oc2ccc(O)cc21. The number of hydrogen-bond acceptors (Lipinski definition) is 6. The highest BCUT2D eigenvalue weighted by molar-refractivity contribution is 7.90. The molecule has 0 spiro atoms. The third-order valence-electron chi connectivity index (χ3n) is 7.69. The number of hydrogen-bond donors (Lipinski definition) is 1. The number of sulfone groups is 1. The smallest absolute Gasteiger partial charge is 0.175 e. The predicted octanol–water partition coefficient (Wildman–Crippen LogP) is 6.11. The molecular weight excluding hydrogens is 517 g/mol. The van der Waals surface area contributed by atoms with Crippen LogP contribution in [-0.2, 0) is 9.84 Å². The summed E-state index contributed by atoms with van der Waals surface area (Å²) in [5.41, 5.74) is 2.99. The van der Waals surface area contributed by atoms with E-state index in [1.807, 2.05) is 31.2 Å². The van der Waals surface area contributed by atoms with Crippen molar-refractivity contribution in [1.29, 1.82) is 0 Å². The van der Waals surface area contributed by atoms with Gasteiger partial charge in [-0.3, -0.25) is 4.90 Å². The molecule has 3 aromatic rings. The molecule has 8 heteroatoms. The number of rotatable bonds is 7. The number of likely N-dealkylation sites (tertiary alicyclic amines) is 1. The van der Waals surface area contributed by atoms with Crippen molar-refractivity contribution in [3.8, 4) is 17.2 Å². The van der Waals surface area contributed by atoms with Crippen LogP contribution < -0.4 is 9.47 Å². The Balaban J connectivity index is 1.46. The standard InChI is InChI=1S/C31H34FNO5S/c1-19-13-14-33(17-19)20(2)18-37-24-8-5-22(6-9-24)31-30(21(3)27-15-23(34)7-12-29(27)38-31)26-11-10-25(16-28(26)32)39(4,35)36/h5-12,15-16,19-20,31,34H,13-14,17-18H2,1-4H3. The van der Waals surface area contributed by atoms with Crippen LogP contribution in [0.25, 0.3) is 11.1 Å². The topological polar surface area (TPSA) is 76.1 Å². The van der Waals surface area contributed by atoms with E-state index >= 15 is 4.39 Å². The van der Waals surface area contributed by atoms with Gasteiger partial charge >= 0.3 is 0 Å². The second-order valence-electron chi connectivity index (χ2n) is 10.7. The summed E-state index contributed by atoms with van der Waals surface area (Å²) in [6.45, 7) is 9.09. The van der Waals surface area contributed by atoms with Crippen LogP contribution in [-0.4, -0.2) is 50.4 Å². The summed E-state index contributed by atoms with van der Waals surface area (Å²) in [7, 11) is -3.57. The molecule has 0 bridgehead atoms. The Kier molecular flexibility index (Phi) is 7.44. The summed E-state index contributed by atoms with van der Waals surface area (Å²) >= 11 is 0. The average Bonchev–Trinajstić information content (AvgIpc) is 3.34. The van der Waals surface area contributed by atoms with Gasteiger partial charge in [0, 0.05) is 35.5 Å². The lowest BCUT2D eigenvalue weighted by Crippen LogP contribution is -2.35. The number of allylic oxidation sites excluding steroid dienone is 1. The number of ether oxygens (including phenoxy) is 2. The Hall–Kier alpha value is -3.36. The van der Waals surface area contributed by atoms with E-state index in [2.05, 4.69) is 18.7 Å². The van der Waals surface area contributed by atoms with Crippen molar-refractivity contribution in [2.45, 2.75) is 44.2 Å². The lowest BCUT2D eigenvalue weighted by atomic mass is 9.86. The summed E-state index contributed by atoms with van der Waals surface area (Å²) in [5, 5.41) is 10.1. The molecule has 2 heterocycles. The summed E-state index contributed by atoms with van der Waals surface area (Å²) < 4.78 is 51.9. The van der Waals surface area contributed by atoms with Gasteiger partial charge in [0.05, 0.1) is 4.90 Å². The van der Waals surface area contributed by atoms with Crippen LogP contribution in [0.3, 0.4) is 0 Å². The minimum absolute atomic E-state index is 0.0708. The second-order valence-corrected chi connectivity index (χ2v) is 12.8. The molecule has 0 saturated carbocycles. The highest BCUT2D eigenvalue weighted by Crippen LogP contribution is 2.48. The highest BCUT2D eigenvalue weighted by Gasteiger charge is 2.31. The van der Waals surface area contributed by atoms with E-state index in [-0.39, 0.29) is 16.2 Å². The third-order valence-corrected chi connectivity index (χ3v) is 8.80. The summed E-state index contributed by atoms with van der Waals surface area (Å²) in [6, 6.07) is 16.7. The van der Waals surface area contributed by atoms with E-state index < -0.39 is 21.8 Å². The van der Waals surface area contributed by atoms with Gasteiger partial charge in [0.25, 0.3) is 0 Å². The first kappa shape index (κ1) is 27.2. The maximum Gasteiger partial charge on any atom is 0.175 e. The monoisotopic (exact) mass is 551 g/mol. The molecule has 2 aliphatic rings. The normalized spacial score (nSPS) is 20.4. The molecule has 1 saturated heterocycles. The Morgan fingerprint density at radius 2 is 1.85 bits per heavy atom. The van der Waals surface area contributed by atoms with E-state index in [9.17, 15) is 13.5 Å². The molecule has 0 amide bonds. The van der Waals surface area contributed by atoms with Gasteiger partial charge in [-0.15, -0.1) is 0 Å². The predicted molar refractivity (Wildman–Crippen MR) is 150 cm³/mol. The average molecular weight is 552 g/mol. The fourth-order valence-electron chi connectivity index (χ4n) is 5.39. The minimum Gasteiger partial charge on any atom is -0.508 e. The molecule has 5 rings (SSSR count). The minimum atomic E-state index is -3.57. The number of phenolic OH excluding ortho intramolecular Hbond substituents is 1. The van der Waals surface area contributed by atoms with Crippen LogP contribution in [0.2, 0.25) is 0 Å². The van der Waals surface area contributed by atoms with Gasteiger partial charge in [-0.2, -0.15) is 0 Å². The molecule has 39 heavy (non-hydrogen) atoms. The van der Waals surface area contributed by atoms with Gasteiger partial charge in [-0.05, 0) is 86.3 Å². The Morgan fingerprint density at radius 3 is 2.49 bits per heavy atom. The van der Waals surface area contributed by atoms with E-state index in [0.717, 1.165) is 48.2 Å². The van der Waals surface area contributed by atoms with E-state index in [0.29, 0.717) is 29.5 Å². The molecular formula is C31H34FNO5S. The third kappa shape index (κ3) is 5.68. The van der Waals surface area contributed by atoms with Crippen LogP contribution >= 0.6 is 0 Å². The van der Waals surface area contributed by atoms with Gasteiger partial charge < -0.3 is 14.6 Å². The summed E-state index contributed by atoms with van der Waals surface area (Å²) in [6.07, 6.45) is 1.61. The fourth-order valence-corrected chi connectivity index (χ4v) is 6.03. The maximum absolute atomic E-state index is 15.4. The lowest BCUT2D eigenvalue weighted by Gasteiger charge is -2.31. The molecule has 0 aromatic heterocycles. The van der Waals surface area contributed by atoms with Gasteiger partial charge in [0.1, 0.15) is 35.8 Å². The Bertz CT molecular complexity index is 1520. The molecule has 0 aliphatic carbocycles. The van der Waals surface area contributed by atoms with Gasteiger partial charge in [0.2, 0.25) is 0 Å². The maximum atomic E-state index is 15.4. The zero-order valence-electron chi connectivity index (χ0n) is 22.6. The van der Waals surface area contributed by atoms with Crippen molar-refractivity contribution in [1.82, 2.24) is 4.90 Å². The van der Waals surface area contributed by atoms with E-state index in [1.54, 1.807) is 18.2 Å².